The molecule has 3 rings (SSSR count). The van der Waals surface area contributed by atoms with E-state index in [9.17, 15) is 9.90 Å². The Balaban J connectivity index is 1.89. The SMILES string of the molecule is O=C(O)c1sc(-c2ccnc(Nc3ccc(Cl)nc3)n2)nc1O. The van der Waals surface area contributed by atoms with Crippen LogP contribution in [0.4, 0.5) is 11.6 Å². The Labute approximate surface area is 138 Å². The second-order valence-electron chi connectivity index (χ2n) is 4.24. The van der Waals surface area contributed by atoms with Gasteiger partial charge in [0, 0.05) is 6.20 Å². The van der Waals surface area contributed by atoms with Crippen molar-refractivity contribution in [3.8, 4) is 16.6 Å². The van der Waals surface area contributed by atoms with Crippen molar-refractivity contribution >= 4 is 40.5 Å². The van der Waals surface area contributed by atoms with Gasteiger partial charge in [-0.05, 0) is 18.2 Å². The highest BCUT2D eigenvalue weighted by Crippen LogP contribution is 2.31. The molecule has 0 spiro atoms. The lowest BCUT2D eigenvalue weighted by Gasteiger charge is -2.04. The Hall–Kier alpha value is -2.78. The molecule has 3 N–H and O–H groups in total. The van der Waals surface area contributed by atoms with Crippen molar-refractivity contribution in [2.24, 2.45) is 0 Å². The predicted octanol–water partition coefficient (Wildman–Crippen LogP) is 2.80. The van der Waals surface area contributed by atoms with Gasteiger partial charge in [0.1, 0.15) is 15.9 Å². The molecule has 8 nitrogen and oxygen atoms in total. The minimum atomic E-state index is -1.24. The van der Waals surface area contributed by atoms with E-state index >= 15 is 0 Å². The summed E-state index contributed by atoms with van der Waals surface area (Å²) >= 11 is 6.54. The lowest BCUT2D eigenvalue weighted by atomic mass is 10.4. The van der Waals surface area contributed by atoms with E-state index in [1.165, 1.54) is 12.4 Å². The number of carboxylic acid groups (broad SMARTS) is 1. The number of aromatic nitrogens is 4. The van der Waals surface area contributed by atoms with Crippen LogP contribution in [0.1, 0.15) is 9.67 Å². The number of carboxylic acids is 1. The number of carbonyl (C=O) groups is 1. The Bertz CT molecular complexity index is 868. The minimum Gasteiger partial charge on any atom is -0.492 e. The Morgan fingerprint density at radius 2 is 2.04 bits per heavy atom. The first kappa shape index (κ1) is 15.1. The summed E-state index contributed by atoms with van der Waals surface area (Å²) in [5.41, 5.74) is 1.02. The summed E-state index contributed by atoms with van der Waals surface area (Å²) in [5.74, 6) is -1.50. The maximum atomic E-state index is 10.9. The van der Waals surface area contributed by atoms with E-state index in [-0.39, 0.29) is 15.8 Å². The summed E-state index contributed by atoms with van der Waals surface area (Å²) in [6, 6.07) is 4.89. The maximum absolute atomic E-state index is 10.9. The highest BCUT2D eigenvalue weighted by atomic mass is 35.5. The van der Waals surface area contributed by atoms with E-state index in [0.29, 0.717) is 16.5 Å². The fourth-order valence-electron chi connectivity index (χ4n) is 1.68. The van der Waals surface area contributed by atoms with Crippen LogP contribution < -0.4 is 5.32 Å². The smallest absolute Gasteiger partial charge is 0.351 e. The molecule has 0 unspecified atom stereocenters. The Morgan fingerprint density at radius 1 is 1.22 bits per heavy atom. The third kappa shape index (κ3) is 3.35. The number of hydrogen-bond acceptors (Lipinski definition) is 8. The lowest BCUT2D eigenvalue weighted by Crippen LogP contribution is -1.98. The molecule has 0 aliphatic rings. The summed E-state index contributed by atoms with van der Waals surface area (Å²) < 4.78 is 0. The fraction of sp³-hybridized carbons (Fsp3) is 0. The number of anilines is 2. The molecule has 0 aliphatic carbocycles. The number of aromatic carboxylic acids is 1. The van der Waals surface area contributed by atoms with Crippen LogP contribution in [0.25, 0.3) is 10.7 Å². The van der Waals surface area contributed by atoms with Crippen LogP contribution in [0.15, 0.2) is 30.6 Å². The summed E-state index contributed by atoms with van der Waals surface area (Å²) in [4.78, 5) is 26.7. The molecule has 10 heteroatoms. The van der Waals surface area contributed by atoms with Gasteiger partial charge in [-0.1, -0.05) is 11.6 Å². The number of aromatic hydroxyl groups is 1. The standard InChI is InChI=1S/C13H8ClN5O3S/c14-8-2-1-6(5-16-8)17-13-15-4-3-7(18-13)11-19-10(20)9(23-11)12(21)22/h1-5,20H,(H,21,22)(H,15,17,18). The van der Waals surface area contributed by atoms with Gasteiger partial charge >= 0.3 is 5.97 Å². The molecule has 3 aromatic heterocycles. The molecule has 0 radical (unpaired) electrons. The molecule has 3 heterocycles. The van der Waals surface area contributed by atoms with Crippen molar-refractivity contribution in [2.45, 2.75) is 0 Å². The molecular formula is C13H8ClN5O3S. The van der Waals surface area contributed by atoms with Crippen molar-refractivity contribution in [1.29, 1.82) is 0 Å². The van der Waals surface area contributed by atoms with Gasteiger partial charge in [0.05, 0.1) is 11.9 Å². The van der Waals surface area contributed by atoms with Gasteiger partial charge in [-0.25, -0.2) is 19.7 Å². The number of nitrogens with zero attached hydrogens (tertiary/aromatic N) is 4. The number of pyridine rings is 1. The van der Waals surface area contributed by atoms with Crippen LogP contribution in [-0.2, 0) is 0 Å². The van der Waals surface area contributed by atoms with Crippen LogP contribution in [0.3, 0.4) is 0 Å². The number of thiazole rings is 1. The van der Waals surface area contributed by atoms with Gasteiger partial charge in [-0.3, -0.25) is 0 Å². The van der Waals surface area contributed by atoms with Gasteiger partial charge in [-0.15, -0.1) is 11.3 Å². The van der Waals surface area contributed by atoms with E-state index in [1.54, 1.807) is 18.2 Å². The average molecular weight is 350 g/mol. The first-order valence-corrected chi connectivity index (χ1v) is 7.37. The number of nitrogens with one attached hydrogen (secondary N) is 1. The monoisotopic (exact) mass is 349 g/mol. The summed E-state index contributed by atoms with van der Waals surface area (Å²) in [7, 11) is 0. The van der Waals surface area contributed by atoms with Gasteiger partial charge < -0.3 is 15.5 Å². The lowest BCUT2D eigenvalue weighted by molar-refractivity contribution is 0.0699. The van der Waals surface area contributed by atoms with E-state index < -0.39 is 11.8 Å². The van der Waals surface area contributed by atoms with Gasteiger partial charge in [0.2, 0.25) is 11.8 Å². The zero-order valence-electron chi connectivity index (χ0n) is 11.3. The van der Waals surface area contributed by atoms with E-state index in [2.05, 4.69) is 25.3 Å². The Kier molecular flexibility index (Phi) is 4.04. The molecule has 0 saturated heterocycles. The molecule has 0 amide bonds. The molecule has 0 fully saturated rings. The summed E-state index contributed by atoms with van der Waals surface area (Å²) in [6.45, 7) is 0. The van der Waals surface area contributed by atoms with Crippen molar-refractivity contribution in [2.75, 3.05) is 5.32 Å². The highest BCUT2D eigenvalue weighted by molar-refractivity contribution is 7.17. The molecule has 0 saturated carbocycles. The molecule has 0 aromatic carbocycles. The number of rotatable bonds is 4. The average Bonchev–Trinajstić information content (AvgIpc) is 2.92. The van der Waals surface area contributed by atoms with Crippen molar-refractivity contribution in [3.63, 3.8) is 0 Å². The van der Waals surface area contributed by atoms with Crippen LogP contribution in [-0.4, -0.2) is 36.1 Å². The van der Waals surface area contributed by atoms with Gasteiger partial charge in [0.15, 0.2) is 4.88 Å². The molecular weight excluding hydrogens is 342 g/mol. The molecule has 3 aromatic rings. The van der Waals surface area contributed by atoms with Crippen molar-refractivity contribution in [3.05, 3.63) is 40.6 Å². The normalized spacial score (nSPS) is 10.5. The molecule has 23 heavy (non-hydrogen) atoms. The van der Waals surface area contributed by atoms with Crippen molar-refractivity contribution in [1.82, 2.24) is 19.9 Å². The number of hydrogen-bond donors (Lipinski definition) is 3. The molecule has 0 aliphatic heterocycles. The van der Waals surface area contributed by atoms with Crippen LogP contribution >= 0.6 is 22.9 Å². The van der Waals surface area contributed by atoms with Crippen LogP contribution in [0.5, 0.6) is 5.88 Å². The van der Waals surface area contributed by atoms with Gasteiger partial charge in [0.25, 0.3) is 0 Å². The third-order valence-corrected chi connectivity index (χ3v) is 3.94. The topological polar surface area (TPSA) is 121 Å². The zero-order chi connectivity index (χ0) is 16.4. The highest BCUT2D eigenvalue weighted by Gasteiger charge is 2.18. The minimum absolute atomic E-state index is 0.241. The first-order valence-electron chi connectivity index (χ1n) is 6.18. The zero-order valence-corrected chi connectivity index (χ0v) is 12.8. The second-order valence-corrected chi connectivity index (χ2v) is 5.62. The first-order chi connectivity index (χ1) is 11.0. The van der Waals surface area contributed by atoms with E-state index in [1.807, 2.05) is 0 Å². The largest absolute Gasteiger partial charge is 0.492 e. The van der Waals surface area contributed by atoms with Crippen molar-refractivity contribution < 1.29 is 15.0 Å². The number of halogens is 1. The Morgan fingerprint density at radius 3 is 2.70 bits per heavy atom. The van der Waals surface area contributed by atoms with E-state index in [4.69, 9.17) is 16.7 Å². The van der Waals surface area contributed by atoms with Crippen LogP contribution in [0, 0.1) is 0 Å². The maximum Gasteiger partial charge on any atom is 0.351 e. The fourth-order valence-corrected chi connectivity index (χ4v) is 2.56. The summed E-state index contributed by atoms with van der Waals surface area (Å²) in [6.07, 6.45) is 3.02. The summed E-state index contributed by atoms with van der Waals surface area (Å²) in [5, 5.41) is 22.1. The molecule has 116 valence electrons. The second kappa shape index (κ2) is 6.15. The third-order valence-electron chi connectivity index (χ3n) is 2.66. The predicted molar refractivity (Wildman–Crippen MR) is 84.3 cm³/mol. The molecule has 0 atom stereocenters. The molecule has 0 bridgehead atoms. The quantitative estimate of drug-likeness (QED) is 0.615. The van der Waals surface area contributed by atoms with E-state index in [0.717, 1.165) is 11.3 Å². The van der Waals surface area contributed by atoms with Gasteiger partial charge in [-0.2, -0.15) is 4.98 Å². The van der Waals surface area contributed by atoms with Crippen LogP contribution in [0.2, 0.25) is 5.15 Å².